The summed E-state index contributed by atoms with van der Waals surface area (Å²) in [6.07, 6.45) is 5.97. The van der Waals surface area contributed by atoms with Gasteiger partial charge in [0.05, 0.1) is 5.56 Å². The molecule has 3 aromatic rings. The molecule has 1 aromatic heterocycles. The van der Waals surface area contributed by atoms with Crippen molar-refractivity contribution in [1.82, 2.24) is 0 Å². The molecule has 0 spiro atoms. The van der Waals surface area contributed by atoms with E-state index in [2.05, 4.69) is 19.9 Å². The summed E-state index contributed by atoms with van der Waals surface area (Å²) in [4.78, 5) is 37.2. The number of hydrogen-bond donors (Lipinski definition) is 0. The van der Waals surface area contributed by atoms with Gasteiger partial charge in [0.15, 0.2) is 5.75 Å². The minimum absolute atomic E-state index is 0.132. The van der Waals surface area contributed by atoms with Crippen LogP contribution >= 0.6 is 0 Å². The molecule has 1 heterocycles. The monoisotopic (exact) mass is 476 g/mol. The van der Waals surface area contributed by atoms with Gasteiger partial charge in [-0.1, -0.05) is 41.5 Å². The molecule has 182 valence electrons. The van der Waals surface area contributed by atoms with Crippen molar-refractivity contribution in [1.29, 1.82) is 0 Å². The standard InChI is InChI=1S/C28H28O7/c1-18(2)10-8-11-19(3)16-17-32-22-14-9-15-23-24(22)25(33-20(4)29)26(28(31)34-23)35-27(30)21-12-6-5-7-13-21/h5-7,9-10,12-16H,8,11,17H2,1-4H3/b19-16+. The van der Waals surface area contributed by atoms with Crippen molar-refractivity contribution in [2.45, 2.75) is 40.5 Å². The molecule has 2 aromatic carbocycles. The van der Waals surface area contributed by atoms with Gasteiger partial charge in [-0.05, 0) is 64.0 Å². The van der Waals surface area contributed by atoms with E-state index in [1.54, 1.807) is 36.4 Å². The van der Waals surface area contributed by atoms with Gasteiger partial charge in [0.1, 0.15) is 23.3 Å². The van der Waals surface area contributed by atoms with Gasteiger partial charge in [0, 0.05) is 6.92 Å². The Hall–Kier alpha value is -4.13. The van der Waals surface area contributed by atoms with E-state index in [-0.39, 0.29) is 28.9 Å². The van der Waals surface area contributed by atoms with Crippen LogP contribution in [0.3, 0.4) is 0 Å². The zero-order valence-electron chi connectivity index (χ0n) is 20.3. The molecule has 0 fully saturated rings. The van der Waals surface area contributed by atoms with Gasteiger partial charge >= 0.3 is 17.6 Å². The predicted molar refractivity (Wildman–Crippen MR) is 133 cm³/mol. The van der Waals surface area contributed by atoms with E-state index in [9.17, 15) is 14.4 Å². The molecule has 0 aliphatic carbocycles. The van der Waals surface area contributed by atoms with Crippen LogP contribution in [-0.2, 0) is 4.79 Å². The fraction of sp³-hybridized carbons (Fsp3) is 0.250. The first-order valence-electron chi connectivity index (χ1n) is 11.2. The zero-order valence-corrected chi connectivity index (χ0v) is 20.3. The molecule has 0 N–H and O–H groups in total. The summed E-state index contributed by atoms with van der Waals surface area (Å²) in [6, 6.07) is 13.0. The molecule has 0 bridgehead atoms. The largest absolute Gasteiger partial charge is 0.489 e. The minimum atomic E-state index is -0.954. The molecular weight excluding hydrogens is 448 g/mol. The Bertz CT molecular complexity index is 1330. The Morgan fingerprint density at radius 1 is 0.886 bits per heavy atom. The lowest BCUT2D eigenvalue weighted by molar-refractivity contribution is -0.131. The van der Waals surface area contributed by atoms with Crippen LogP contribution in [0.4, 0.5) is 0 Å². The Labute approximate surface area is 203 Å². The highest BCUT2D eigenvalue weighted by Gasteiger charge is 2.25. The van der Waals surface area contributed by atoms with Gasteiger partial charge in [-0.2, -0.15) is 0 Å². The number of fused-ring (bicyclic) bond motifs is 1. The second-order valence-electron chi connectivity index (χ2n) is 8.21. The van der Waals surface area contributed by atoms with Crippen LogP contribution in [0.2, 0.25) is 0 Å². The summed E-state index contributed by atoms with van der Waals surface area (Å²) in [7, 11) is 0. The highest BCUT2D eigenvalue weighted by molar-refractivity contribution is 5.96. The molecule has 0 atom stereocenters. The van der Waals surface area contributed by atoms with Crippen molar-refractivity contribution in [2.24, 2.45) is 0 Å². The predicted octanol–water partition coefficient (Wildman–Crippen LogP) is 6.01. The first-order valence-corrected chi connectivity index (χ1v) is 11.2. The van der Waals surface area contributed by atoms with E-state index in [1.165, 1.54) is 24.6 Å². The summed E-state index contributed by atoms with van der Waals surface area (Å²) >= 11 is 0. The van der Waals surface area contributed by atoms with Crippen LogP contribution < -0.4 is 19.8 Å². The van der Waals surface area contributed by atoms with Crippen molar-refractivity contribution < 1.29 is 28.2 Å². The number of allylic oxidation sites excluding steroid dienone is 3. The topological polar surface area (TPSA) is 92.0 Å². The fourth-order valence-corrected chi connectivity index (χ4v) is 3.31. The zero-order chi connectivity index (χ0) is 25.4. The third-order valence-electron chi connectivity index (χ3n) is 5.02. The maximum Gasteiger partial charge on any atom is 0.383 e. The van der Waals surface area contributed by atoms with Crippen LogP contribution in [-0.4, -0.2) is 18.5 Å². The lowest BCUT2D eigenvalue weighted by atomic mass is 10.1. The molecule has 0 amide bonds. The summed E-state index contributed by atoms with van der Waals surface area (Å²) < 4.78 is 22.0. The fourth-order valence-electron chi connectivity index (χ4n) is 3.31. The molecule has 7 heteroatoms. The van der Waals surface area contributed by atoms with E-state index in [4.69, 9.17) is 18.6 Å². The first-order chi connectivity index (χ1) is 16.8. The quantitative estimate of drug-likeness (QED) is 0.212. The van der Waals surface area contributed by atoms with Gasteiger partial charge in [-0.3, -0.25) is 4.79 Å². The van der Waals surface area contributed by atoms with Crippen LogP contribution in [0, 0.1) is 0 Å². The van der Waals surface area contributed by atoms with Crippen molar-refractivity contribution in [3.8, 4) is 17.2 Å². The van der Waals surface area contributed by atoms with Crippen LogP contribution in [0.25, 0.3) is 11.0 Å². The Morgan fingerprint density at radius 2 is 1.63 bits per heavy atom. The molecule has 0 saturated heterocycles. The van der Waals surface area contributed by atoms with E-state index in [0.29, 0.717) is 5.75 Å². The number of carbonyl (C=O) groups is 2. The lowest BCUT2D eigenvalue weighted by Crippen LogP contribution is -2.17. The van der Waals surface area contributed by atoms with Gasteiger partial charge in [0.25, 0.3) is 5.75 Å². The van der Waals surface area contributed by atoms with Gasteiger partial charge in [0.2, 0.25) is 0 Å². The Balaban J connectivity index is 1.97. The van der Waals surface area contributed by atoms with Crippen molar-refractivity contribution in [3.63, 3.8) is 0 Å². The molecule has 0 aliphatic heterocycles. The second-order valence-corrected chi connectivity index (χ2v) is 8.21. The average molecular weight is 477 g/mol. The average Bonchev–Trinajstić information content (AvgIpc) is 2.81. The maximum absolute atomic E-state index is 12.7. The van der Waals surface area contributed by atoms with E-state index in [1.807, 2.05) is 13.0 Å². The van der Waals surface area contributed by atoms with Crippen LogP contribution in [0.15, 0.2) is 81.0 Å². The number of carbonyl (C=O) groups excluding carboxylic acids is 2. The molecule has 35 heavy (non-hydrogen) atoms. The highest BCUT2D eigenvalue weighted by Crippen LogP contribution is 2.39. The third-order valence-corrected chi connectivity index (χ3v) is 5.02. The third kappa shape index (κ3) is 6.93. The number of esters is 2. The highest BCUT2D eigenvalue weighted by atomic mass is 16.6. The Kier molecular flexibility index (Phi) is 8.62. The minimum Gasteiger partial charge on any atom is -0.489 e. The van der Waals surface area contributed by atoms with Crippen LogP contribution in [0.1, 0.15) is 50.9 Å². The summed E-state index contributed by atoms with van der Waals surface area (Å²) in [5, 5.41) is 0.216. The molecule has 7 nitrogen and oxygen atoms in total. The number of ether oxygens (including phenoxy) is 3. The summed E-state index contributed by atoms with van der Waals surface area (Å²) in [5.74, 6) is -1.93. The smallest absolute Gasteiger partial charge is 0.383 e. The molecule has 0 unspecified atom stereocenters. The van der Waals surface area contributed by atoms with E-state index in [0.717, 1.165) is 18.4 Å². The van der Waals surface area contributed by atoms with E-state index >= 15 is 0 Å². The molecular formula is C28H28O7. The van der Waals surface area contributed by atoms with Gasteiger partial charge in [-0.15, -0.1) is 0 Å². The van der Waals surface area contributed by atoms with Crippen molar-refractivity contribution in [3.05, 3.63) is 87.8 Å². The normalized spacial score (nSPS) is 11.1. The van der Waals surface area contributed by atoms with Gasteiger partial charge < -0.3 is 18.6 Å². The Morgan fingerprint density at radius 3 is 2.31 bits per heavy atom. The molecule has 0 saturated carbocycles. The van der Waals surface area contributed by atoms with Crippen molar-refractivity contribution in [2.75, 3.05) is 6.61 Å². The number of rotatable bonds is 9. The van der Waals surface area contributed by atoms with E-state index < -0.39 is 23.3 Å². The number of benzene rings is 2. The molecule has 3 rings (SSSR count). The lowest BCUT2D eigenvalue weighted by Gasteiger charge is -2.14. The summed E-state index contributed by atoms with van der Waals surface area (Å²) in [5.41, 5.74) is 1.83. The first kappa shape index (κ1) is 25.5. The van der Waals surface area contributed by atoms with Crippen LogP contribution in [0.5, 0.6) is 17.2 Å². The molecule has 0 aliphatic rings. The van der Waals surface area contributed by atoms with Gasteiger partial charge in [-0.25, -0.2) is 9.59 Å². The number of hydrogen-bond acceptors (Lipinski definition) is 7. The summed E-state index contributed by atoms with van der Waals surface area (Å²) in [6.45, 7) is 7.58. The SMILES string of the molecule is CC(=O)Oc1c(OC(=O)c2ccccc2)c(=O)oc2cccc(OC/C=C(\C)CCC=C(C)C)c12. The van der Waals surface area contributed by atoms with Crippen molar-refractivity contribution >= 4 is 22.9 Å². The maximum atomic E-state index is 12.7. The molecule has 0 radical (unpaired) electrons. The second kappa shape index (κ2) is 11.8.